The molecule has 8 heteroatoms. The van der Waals surface area contributed by atoms with Crippen molar-refractivity contribution in [2.24, 2.45) is 41.4 Å². The van der Waals surface area contributed by atoms with E-state index in [-0.39, 0.29) is 17.7 Å². The van der Waals surface area contributed by atoms with Gasteiger partial charge < -0.3 is 14.9 Å². The van der Waals surface area contributed by atoms with Crippen LogP contribution in [0.4, 0.5) is 0 Å². The number of ether oxygens (including phenoxy) is 1. The number of Topliss-reactive ketones (excluding diaryl/α,β-unsaturated/α-hetero) is 1. The van der Waals surface area contributed by atoms with Crippen LogP contribution in [0.25, 0.3) is 0 Å². The van der Waals surface area contributed by atoms with Crippen molar-refractivity contribution in [1.29, 1.82) is 0 Å². The van der Waals surface area contributed by atoms with Gasteiger partial charge in [-0.15, -0.1) is 0 Å². The summed E-state index contributed by atoms with van der Waals surface area (Å²) >= 11 is 0. The van der Waals surface area contributed by atoms with Crippen LogP contribution in [0.1, 0.15) is 83.5 Å². The van der Waals surface area contributed by atoms with Gasteiger partial charge in [-0.05, 0) is 69.1 Å². The van der Waals surface area contributed by atoms with Crippen LogP contribution in [0.2, 0.25) is 0 Å². The van der Waals surface area contributed by atoms with Crippen molar-refractivity contribution in [3.05, 3.63) is 0 Å². The zero-order valence-electron chi connectivity index (χ0n) is 21.2. The van der Waals surface area contributed by atoms with Crippen LogP contribution in [-0.2, 0) is 23.9 Å². The zero-order valence-corrected chi connectivity index (χ0v) is 21.2. The molecule has 5 aliphatic rings. The smallest absolute Gasteiger partial charge is 0.309 e. The second-order valence-electron chi connectivity index (χ2n) is 12.2. The Kier molecular flexibility index (Phi) is 7.70. The lowest BCUT2D eigenvalue weighted by molar-refractivity contribution is -0.160. The Labute approximate surface area is 213 Å². The van der Waals surface area contributed by atoms with Gasteiger partial charge in [0.05, 0.1) is 24.4 Å². The van der Waals surface area contributed by atoms with E-state index in [0.29, 0.717) is 68.5 Å². The summed E-state index contributed by atoms with van der Waals surface area (Å²) in [6.45, 7) is 1.47. The molecule has 3 aliphatic carbocycles. The van der Waals surface area contributed by atoms with Gasteiger partial charge >= 0.3 is 17.9 Å². The minimum atomic E-state index is -0.886. The average Bonchev–Trinajstić information content (AvgIpc) is 3.57. The van der Waals surface area contributed by atoms with Crippen LogP contribution < -0.4 is 0 Å². The largest absolute Gasteiger partial charge is 0.481 e. The molecule has 0 amide bonds. The summed E-state index contributed by atoms with van der Waals surface area (Å²) in [6, 6.07) is 0.877. The highest BCUT2D eigenvalue weighted by atomic mass is 16.5. The summed E-state index contributed by atoms with van der Waals surface area (Å²) in [4.78, 5) is 51.4. The number of aliphatic carboxylic acids is 2. The number of carboxylic acid groups (broad SMARTS) is 2. The molecular formula is C28H41NO7. The summed E-state index contributed by atoms with van der Waals surface area (Å²) in [5.41, 5.74) is 0. The summed E-state index contributed by atoms with van der Waals surface area (Å²) in [5, 5.41) is 19.0. The SMILES string of the molecule is O=C(O)C1CCCCC1C(=O)CCC1CC2CN1C1CC(COC(=O)C3CCCCC3C(=O)O)CC21. The lowest BCUT2D eigenvalue weighted by Crippen LogP contribution is -2.40. The van der Waals surface area contributed by atoms with Gasteiger partial charge in [-0.2, -0.15) is 0 Å². The van der Waals surface area contributed by atoms with E-state index in [9.17, 15) is 29.4 Å². The second kappa shape index (κ2) is 10.8. The van der Waals surface area contributed by atoms with Crippen molar-refractivity contribution in [3.8, 4) is 0 Å². The molecule has 2 aliphatic heterocycles. The third kappa shape index (κ3) is 5.07. The monoisotopic (exact) mass is 503 g/mol. The molecule has 2 N–H and O–H groups in total. The van der Waals surface area contributed by atoms with Gasteiger partial charge in [0, 0.05) is 31.0 Å². The molecule has 2 bridgehead atoms. The lowest BCUT2D eigenvalue weighted by atomic mass is 9.75. The molecule has 0 radical (unpaired) electrons. The standard InChI is InChI=1S/C28H41NO7/c30-25(19-5-1-2-6-20(19)26(31)32)10-9-18-13-17-14-29(18)24-12-16(11-23(17)24)15-36-28(35)22-8-4-3-7-21(22)27(33)34/h16-24H,1-15H2,(H,31,32)(H,33,34). The Morgan fingerprint density at radius 2 is 1.39 bits per heavy atom. The molecule has 10 atom stereocenters. The van der Waals surface area contributed by atoms with Crippen LogP contribution in [-0.4, -0.2) is 64.0 Å². The van der Waals surface area contributed by atoms with E-state index in [1.165, 1.54) is 0 Å². The van der Waals surface area contributed by atoms with Gasteiger partial charge in [-0.3, -0.25) is 24.1 Å². The van der Waals surface area contributed by atoms with Gasteiger partial charge in [0.15, 0.2) is 0 Å². The van der Waals surface area contributed by atoms with Crippen molar-refractivity contribution in [2.45, 2.75) is 95.6 Å². The number of esters is 1. The van der Waals surface area contributed by atoms with Gasteiger partial charge in [0.1, 0.15) is 5.78 Å². The maximum atomic E-state index is 12.9. The first kappa shape index (κ1) is 25.7. The van der Waals surface area contributed by atoms with E-state index < -0.39 is 29.7 Å². The van der Waals surface area contributed by atoms with E-state index in [1.807, 2.05) is 0 Å². The fraction of sp³-hybridized carbons (Fsp3) is 0.857. The summed E-state index contributed by atoms with van der Waals surface area (Å²) in [6.07, 6.45) is 10.6. The second-order valence-corrected chi connectivity index (χ2v) is 12.2. The summed E-state index contributed by atoms with van der Waals surface area (Å²) in [7, 11) is 0. The van der Waals surface area contributed by atoms with Crippen LogP contribution in [0.15, 0.2) is 0 Å². The molecule has 36 heavy (non-hydrogen) atoms. The van der Waals surface area contributed by atoms with Crippen molar-refractivity contribution >= 4 is 23.7 Å². The van der Waals surface area contributed by atoms with Gasteiger partial charge in [0.25, 0.3) is 0 Å². The Balaban J connectivity index is 1.09. The number of ketones is 1. The van der Waals surface area contributed by atoms with Crippen molar-refractivity contribution in [3.63, 3.8) is 0 Å². The van der Waals surface area contributed by atoms with Crippen molar-refractivity contribution in [1.82, 2.24) is 4.90 Å². The number of hydrogen-bond donors (Lipinski definition) is 2. The first-order valence-corrected chi connectivity index (χ1v) is 14.2. The first-order chi connectivity index (χ1) is 17.3. The Hall–Kier alpha value is -1.96. The Morgan fingerprint density at radius 1 is 0.778 bits per heavy atom. The van der Waals surface area contributed by atoms with Gasteiger partial charge in [-0.1, -0.05) is 25.7 Å². The molecule has 5 fully saturated rings. The quantitative estimate of drug-likeness (QED) is 0.456. The number of fused-ring (bicyclic) bond motifs is 5. The zero-order chi connectivity index (χ0) is 25.4. The number of carbonyl (C=O) groups is 4. The number of piperidine rings is 1. The fourth-order valence-corrected chi connectivity index (χ4v) is 8.48. The first-order valence-electron chi connectivity index (χ1n) is 14.2. The summed E-state index contributed by atoms with van der Waals surface area (Å²) < 4.78 is 5.69. The minimum absolute atomic E-state index is 0.140. The number of hydrogen-bond acceptors (Lipinski definition) is 6. The lowest BCUT2D eigenvalue weighted by Gasteiger charge is -2.34. The topological polar surface area (TPSA) is 121 Å². The number of carboxylic acids is 2. The molecule has 5 rings (SSSR count). The molecule has 200 valence electrons. The van der Waals surface area contributed by atoms with Crippen LogP contribution >= 0.6 is 0 Å². The van der Waals surface area contributed by atoms with Crippen molar-refractivity contribution in [2.75, 3.05) is 13.2 Å². The number of nitrogens with zero attached hydrogens (tertiary/aromatic N) is 1. The van der Waals surface area contributed by atoms with Crippen LogP contribution in [0, 0.1) is 41.4 Å². The Morgan fingerprint density at radius 3 is 2.06 bits per heavy atom. The molecule has 0 aromatic heterocycles. The third-order valence-corrected chi connectivity index (χ3v) is 10.3. The Bertz CT molecular complexity index is 874. The van der Waals surface area contributed by atoms with Crippen LogP contribution in [0.5, 0.6) is 0 Å². The highest BCUT2D eigenvalue weighted by Crippen LogP contribution is 2.52. The maximum Gasteiger partial charge on any atom is 0.309 e. The van der Waals surface area contributed by atoms with E-state index >= 15 is 0 Å². The van der Waals surface area contributed by atoms with E-state index in [2.05, 4.69) is 4.90 Å². The fourth-order valence-electron chi connectivity index (χ4n) is 8.48. The average molecular weight is 504 g/mol. The molecule has 0 spiro atoms. The molecule has 0 aromatic rings. The van der Waals surface area contributed by atoms with E-state index in [4.69, 9.17) is 4.74 Å². The normalized spacial score (nSPS) is 41.6. The van der Waals surface area contributed by atoms with Crippen LogP contribution in [0.3, 0.4) is 0 Å². The third-order valence-electron chi connectivity index (χ3n) is 10.3. The molecular weight excluding hydrogens is 462 g/mol. The van der Waals surface area contributed by atoms with E-state index in [0.717, 1.165) is 57.9 Å². The van der Waals surface area contributed by atoms with Crippen molar-refractivity contribution < 1.29 is 34.1 Å². The molecule has 3 saturated carbocycles. The number of carbonyl (C=O) groups excluding carboxylic acids is 2. The number of rotatable bonds is 9. The predicted molar refractivity (Wildman–Crippen MR) is 130 cm³/mol. The molecule has 2 saturated heterocycles. The molecule has 0 aromatic carbocycles. The predicted octanol–water partition coefficient (Wildman–Crippen LogP) is 3.76. The minimum Gasteiger partial charge on any atom is -0.481 e. The van der Waals surface area contributed by atoms with Gasteiger partial charge in [0.2, 0.25) is 0 Å². The highest BCUT2D eigenvalue weighted by Gasteiger charge is 2.54. The molecule has 10 unspecified atom stereocenters. The highest BCUT2D eigenvalue weighted by molar-refractivity contribution is 5.86. The summed E-state index contributed by atoms with van der Waals surface area (Å²) in [5.74, 6) is -2.27. The van der Waals surface area contributed by atoms with E-state index in [1.54, 1.807) is 0 Å². The van der Waals surface area contributed by atoms with Gasteiger partial charge in [-0.25, -0.2) is 0 Å². The molecule has 8 nitrogen and oxygen atoms in total. The maximum absolute atomic E-state index is 12.9. The molecule has 2 heterocycles.